The molecule has 0 aromatic carbocycles. The molecule has 2 aromatic heterocycles. The molecule has 2 N–H and O–H groups in total. The highest BCUT2D eigenvalue weighted by molar-refractivity contribution is 9.10. The highest BCUT2D eigenvalue weighted by Gasteiger charge is 2.24. The molecular weight excluding hydrogens is 318 g/mol. The highest BCUT2D eigenvalue weighted by atomic mass is 79.9. The molecule has 3 heterocycles. The van der Waals surface area contributed by atoms with Crippen LogP contribution in [-0.2, 0) is 0 Å². The van der Waals surface area contributed by atoms with E-state index in [1.807, 2.05) is 0 Å². The summed E-state index contributed by atoms with van der Waals surface area (Å²) in [5.74, 6) is 1.85. The second-order valence-corrected chi connectivity index (χ2v) is 5.93. The Hall–Kier alpha value is -1.01. The van der Waals surface area contributed by atoms with Crippen LogP contribution in [0.25, 0.3) is 5.65 Å². The quantitative estimate of drug-likeness (QED) is 0.873. The molecule has 0 aliphatic carbocycles. The molecule has 1 fully saturated rings. The van der Waals surface area contributed by atoms with Crippen molar-refractivity contribution in [2.75, 3.05) is 23.7 Å². The number of rotatable bonds is 1. The monoisotopic (exact) mass is 329 g/mol. The molecule has 0 spiro atoms. The van der Waals surface area contributed by atoms with Crippen molar-refractivity contribution in [3.63, 3.8) is 0 Å². The molecule has 1 aliphatic rings. The SMILES string of the molecule is C[C@@H]1CCN(c2nc3c(Br)cnn3c(N)c2Cl)C1. The molecule has 1 atom stereocenters. The molecule has 0 amide bonds. The first-order chi connectivity index (χ1) is 8.58. The topological polar surface area (TPSA) is 59.5 Å². The van der Waals surface area contributed by atoms with E-state index in [2.05, 4.69) is 37.8 Å². The zero-order chi connectivity index (χ0) is 12.9. The van der Waals surface area contributed by atoms with E-state index in [0.717, 1.165) is 29.8 Å². The molecule has 0 bridgehead atoms. The summed E-state index contributed by atoms with van der Waals surface area (Å²) in [6.45, 7) is 4.16. The van der Waals surface area contributed by atoms with Gasteiger partial charge in [-0.05, 0) is 28.3 Å². The number of nitrogen functional groups attached to an aromatic ring is 1. The van der Waals surface area contributed by atoms with Gasteiger partial charge in [0.1, 0.15) is 10.8 Å². The Bertz CT molecular complexity index is 611. The second-order valence-electron chi connectivity index (χ2n) is 4.70. The Morgan fingerprint density at radius 1 is 1.56 bits per heavy atom. The van der Waals surface area contributed by atoms with E-state index in [1.165, 1.54) is 0 Å². The predicted octanol–water partition coefficient (Wildman–Crippen LogP) is 2.57. The maximum atomic E-state index is 6.30. The number of aromatic nitrogens is 3. The van der Waals surface area contributed by atoms with Crippen LogP contribution in [0.2, 0.25) is 5.02 Å². The molecule has 0 radical (unpaired) electrons. The summed E-state index contributed by atoms with van der Waals surface area (Å²) in [7, 11) is 0. The van der Waals surface area contributed by atoms with Crippen molar-refractivity contribution in [2.24, 2.45) is 5.92 Å². The van der Waals surface area contributed by atoms with Gasteiger partial charge in [-0.2, -0.15) is 9.61 Å². The lowest BCUT2D eigenvalue weighted by atomic mass is 10.2. The average Bonchev–Trinajstić information content (AvgIpc) is 2.91. The van der Waals surface area contributed by atoms with Crippen LogP contribution < -0.4 is 10.6 Å². The maximum absolute atomic E-state index is 6.30. The minimum Gasteiger partial charge on any atom is -0.382 e. The third-order valence-corrected chi connectivity index (χ3v) is 4.21. The van der Waals surface area contributed by atoms with E-state index in [1.54, 1.807) is 10.7 Å². The fourth-order valence-corrected chi connectivity index (χ4v) is 2.88. The first-order valence-electron chi connectivity index (χ1n) is 5.81. The lowest BCUT2D eigenvalue weighted by Crippen LogP contribution is -2.22. The van der Waals surface area contributed by atoms with Crippen LogP contribution in [0.4, 0.5) is 11.6 Å². The second kappa shape index (κ2) is 4.28. The molecule has 1 aliphatic heterocycles. The van der Waals surface area contributed by atoms with E-state index >= 15 is 0 Å². The molecule has 0 saturated carbocycles. The number of anilines is 2. The smallest absolute Gasteiger partial charge is 0.174 e. The minimum absolute atomic E-state index is 0.432. The van der Waals surface area contributed by atoms with Gasteiger partial charge in [0, 0.05) is 13.1 Å². The Kier molecular flexibility index (Phi) is 2.86. The number of halogens is 2. The van der Waals surface area contributed by atoms with Crippen LogP contribution in [0, 0.1) is 5.92 Å². The van der Waals surface area contributed by atoms with Gasteiger partial charge in [0.15, 0.2) is 11.5 Å². The van der Waals surface area contributed by atoms with Crippen molar-refractivity contribution in [3.8, 4) is 0 Å². The number of nitrogens with two attached hydrogens (primary N) is 1. The molecule has 1 saturated heterocycles. The molecule has 2 aromatic rings. The summed E-state index contributed by atoms with van der Waals surface area (Å²) >= 11 is 9.72. The van der Waals surface area contributed by atoms with Crippen LogP contribution in [0.5, 0.6) is 0 Å². The van der Waals surface area contributed by atoms with Gasteiger partial charge < -0.3 is 10.6 Å². The Morgan fingerprint density at radius 3 is 3.00 bits per heavy atom. The fourth-order valence-electron chi connectivity index (χ4n) is 2.29. The summed E-state index contributed by atoms with van der Waals surface area (Å²) in [6, 6.07) is 0. The number of fused-ring (bicyclic) bond motifs is 1. The van der Waals surface area contributed by atoms with Gasteiger partial charge in [-0.15, -0.1) is 0 Å². The zero-order valence-corrected chi connectivity index (χ0v) is 12.2. The van der Waals surface area contributed by atoms with Crippen LogP contribution in [0.1, 0.15) is 13.3 Å². The Labute approximate surface area is 118 Å². The molecule has 18 heavy (non-hydrogen) atoms. The normalized spacial score (nSPS) is 19.9. The maximum Gasteiger partial charge on any atom is 0.174 e. The van der Waals surface area contributed by atoms with Crippen LogP contribution in [-0.4, -0.2) is 27.7 Å². The van der Waals surface area contributed by atoms with E-state index in [9.17, 15) is 0 Å². The zero-order valence-electron chi connectivity index (χ0n) is 9.90. The Balaban J connectivity index is 2.17. The van der Waals surface area contributed by atoms with Crippen molar-refractivity contribution in [3.05, 3.63) is 15.7 Å². The van der Waals surface area contributed by atoms with Crippen LogP contribution in [0.3, 0.4) is 0 Å². The highest BCUT2D eigenvalue weighted by Crippen LogP contribution is 2.34. The lowest BCUT2D eigenvalue weighted by molar-refractivity contribution is 0.659. The average molecular weight is 331 g/mol. The predicted molar refractivity (Wildman–Crippen MR) is 76.1 cm³/mol. The van der Waals surface area contributed by atoms with Gasteiger partial charge in [-0.1, -0.05) is 18.5 Å². The van der Waals surface area contributed by atoms with Crippen LogP contribution >= 0.6 is 27.5 Å². The molecular formula is C11H13BrClN5. The molecule has 96 valence electrons. The molecule has 5 nitrogen and oxygen atoms in total. The van der Waals surface area contributed by atoms with Crippen LogP contribution in [0.15, 0.2) is 10.7 Å². The van der Waals surface area contributed by atoms with Gasteiger partial charge >= 0.3 is 0 Å². The number of hydrogen-bond donors (Lipinski definition) is 1. The standard InChI is InChI=1S/C11H13BrClN5/c1-6-2-3-17(5-6)11-8(13)9(14)18-10(16-11)7(12)4-15-18/h4,6H,2-3,5,14H2,1H3/t6-/m1/s1. The summed E-state index contributed by atoms with van der Waals surface area (Å²) < 4.78 is 2.37. The summed E-state index contributed by atoms with van der Waals surface area (Å²) in [5, 5.41) is 4.62. The first-order valence-corrected chi connectivity index (χ1v) is 6.98. The fraction of sp³-hybridized carbons (Fsp3) is 0.455. The first kappa shape index (κ1) is 12.0. The molecule has 7 heteroatoms. The molecule has 3 rings (SSSR count). The van der Waals surface area contributed by atoms with Gasteiger partial charge in [-0.3, -0.25) is 0 Å². The third-order valence-electron chi connectivity index (χ3n) is 3.29. The van der Waals surface area contributed by atoms with Crippen molar-refractivity contribution >= 4 is 44.8 Å². The van der Waals surface area contributed by atoms with E-state index in [-0.39, 0.29) is 0 Å². The summed E-state index contributed by atoms with van der Waals surface area (Å²) in [6.07, 6.45) is 2.83. The van der Waals surface area contributed by atoms with Crippen molar-refractivity contribution in [1.29, 1.82) is 0 Å². The van der Waals surface area contributed by atoms with E-state index < -0.39 is 0 Å². The summed E-state index contributed by atoms with van der Waals surface area (Å²) in [5.41, 5.74) is 6.72. The van der Waals surface area contributed by atoms with Gasteiger partial charge in [0.25, 0.3) is 0 Å². The minimum atomic E-state index is 0.432. The van der Waals surface area contributed by atoms with Crippen molar-refractivity contribution in [2.45, 2.75) is 13.3 Å². The van der Waals surface area contributed by atoms with E-state index in [4.69, 9.17) is 17.3 Å². The van der Waals surface area contributed by atoms with Crippen molar-refractivity contribution < 1.29 is 0 Å². The van der Waals surface area contributed by atoms with Gasteiger partial charge in [-0.25, -0.2) is 4.98 Å². The van der Waals surface area contributed by atoms with E-state index in [0.29, 0.717) is 22.4 Å². The Morgan fingerprint density at radius 2 is 2.33 bits per heavy atom. The number of nitrogens with zero attached hydrogens (tertiary/aromatic N) is 4. The largest absolute Gasteiger partial charge is 0.382 e. The van der Waals surface area contributed by atoms with Gasteiger partial charge in [0.05, 0.1) is 10.7 Å². The molecule has 0 unspecified atom stereocenters. The lowest BCUT2D eigenvalue weighted by Gasteiger charge is -2.19. The summed E-state index contributed by atoms with van der Waals surface area (Å²) in [4.78, 5) is 6.76. The van der Waals surface area contributed by atoms with Crippen molar-refractivity contribution in [1.82, 2.24) is 14.6 Å². The third kappa shape index (κ3) is 1.75. The van der Waals surface area contributed by atoms with Gasteiger partial charge in [0.2, 0.25) is 0 Å². The number of hydrogen-bond acceptors (Lipinski definition) is 4.